The highest BCUT2D eigenvalue weighted by Crippen LogP contribution is 2.24. The van der Waals surface area contributed by atoms with Gasteiger partial charge in [-0.3, -0.25) is 4.98 Å². The maximum absolute atomic E-state index is 4.40. The Morgan fingerprint density at radius 2 is 1.61 bits per heavy atom. The van der Waals surface area contributed by atoms with Crippen LogP contribution >= 0.6 is 0 Å². The fourth-order valence-electron chi connectivity index (χ4n) is 2.59. The zero-order valence-electron chi connectivity index (χ0n) is 12.5. The molecule has 0 bridgehead atoms. The van der Waals surface area contributed by atoms with E-state index in [9.17, 15) is 0 Å². The lowest BCUT2D eigenvalue weighted by molar-refractivity contribution is -0.492. The summed E-state index contributed by atoms with van der Waals surface area (Å²) < 4.78 is 1.91. The van der Waals surface area contributed by atoms with E-state index in [1.165, 1.54) is 0 Å². The van der Waals surface area contributed by atoms with Crippen molar-refractivity contribution in [1.82, 2.24) is 4.98 Å². The van der Waals surface area contributed by atoms with Gasteiger partial charge in [-0.25, -0.2) is 0 Å². The Labute approximate surface area is 134 Å². The third kappa shape index (κ3) is 2.79. The lowest BCUT2D eigenvalue weighted by Crippen LogP contribution is -2.11. The van der Waals surface area contributed by atoms with Gasteiger partial charge in [-0.1, -0.05) is 48.5 Å². The Balaban J connectivity index is 1.59. The smallest absolute Gasteiger partial charge is 0.231 e. The van der Waals surface area contributed by atoms with Crippen LogP contribution in [0.1, 0.15) is 5.56 Å². The maximum atomic E-state index is 4.40. The lowest BCUT2D eigenvalue weighted by atomic mass is 10.1. The topological polar surface area (TPSA) is 40.6 Å². The van der Waals surface area contributed by atoms with Gasteiger partial charge in [0.1, 0.15) is 5.22 Å². The van der Waals surface area contributed by atoms with Crippen LogP contribution in [0.3, 0.4) is 0 Å². The molecule has 1 aliphatic rings. The lowest BCUT2D eigenvalue weighted by Gasteiger charge is -2.03. The molecule has 4 nitrogen and oxygen atoms in total. The molecule has 110 valence electrons. The average molecular weight is 299 g/mol. The second kappa shape index (κ2) is 5.93. The van der Waals surface area contributed by atoms with Crippen LogP contribution in [-0.2, 0) is 0 Å². The summed E-state index contributed by atoms with van der Waals surface area (Å²) in [6, 6.07) is 24.3. The van der Waals surface area contributed by atoms with Crippen LogP contribution in [0.4, 0.5) is 5.69 Å². The van der Waals surface area contributed by atoms with Gasteiger partial charge in [0.2, 0.25) is 5.71 Å². The van der Waals surface area contributed by atoms with Gasteiger partial charge in [-0.15, -0.1) is 4.70 Å². The summed E-state index contributed by atoms with van der Waals surface area (Å²) in [6.45, 7) is 0.676. The zero-order chi connectivity index (χ0) is 15.5. The van der Waals surface area contributed by atoms with Crippen molar-refractivity contribution in [2.24, 2.45) is 10.3 Å². The Hall–Kier alpha value is -3.14. The predicted molar refractivity (Wildman–Crippen MR) is 89.9 cm³/mol. The van der Waals surface area contributed by atoms with E-state index in [1.807, 2.05) is 53.2 Å². The van der Waals surface area contributed by atoms with Crippen LogP contribution in [0, 0.1) is 0 Å². The molecule has 4 heteroatoms. The molecular formula is C19H15N4+. The molecule has 0 fully saturated rings. The van der Waals surface area contributed by atoms with Crippen LogP contribution in [-0.4, -0.2) is 21.9 Å². The van der Waals surface area contributed by atoms with Gasteiger partial charge in [0.25, 0.3) is 0 Å². The van der Waals surface area contributed by atoms with Crippen molar-refractivity contribution in [2.45, 2.75) is 0 Å². The SMILES string of the molecule is c1ccc(C2=NN=[N+](c3cccc(-c4ccccn4)c3)C2)cc1. The molecule has 4 rings (SSSR count). The van der Waals surface area contributed by atoms with E-state index in [1.54, 1.807) is 6.20 Å². The quantitative estimate of drug-likeness (QED) is 0.666. The molecule has 0 saturated carbocycles. The highest BCUT2D eigenvalue weighted by molar-refractivity contribution is 6.01. The largest absolute Gasteiger partial charge is 0.256 e. The van der Waals surface area contributed by atoms with Crippen molar-refractivity contribution < 1.29 is 4.70 Å². The van der Waals surface area contributed by atoms with E-state index in [0.29, 0.717) is 6.54 Å². The first-order chi connectivity index (χ1) is 11.4. The maximum Gasteiger partial charge on any atom is 0.231 e. The van der Waals surface area contributed by atoms with Gasteiger partial charge in [-0.05, 0) is 24.3 Å². The van der Waals surface area contributed by atoms with E-state index in [-0.39, 0.29) is 0 Å². The number of aromatic nitrogens is 1. The van der Waals surface area contributed by atoms with Crippen LogP contribution in [0.25, 0.3) is 11.3 Å². The molecule has 1 aromatic heterocycles. The normalized spacial score (nSPS) is 13.6. The number of hydrogen-bond acceptors (Lipinski definition) is 3. The average Bonchev–Trinajstić information content (AvgIpc) is 3.14. The van der Waals surface area contributed by atoms with E-state index in [0.717, 1.165) is 28.2 Å². The molecule has 2 heterocycles. The van der Waals surface area contributed by atoms with Crippen molar-refractivity contribution in [3.8, 4) is 11.3 Å². The minimum Gasteiger partial charge on any atom is -0.256 e. The van der Waals surface area contributed by atoms with E-state index < -0.39 is 0 Å². The fraction of sp³-hybridized carbons (Fsp3) is 0.0526. The number of hydrogen-bond donors (Lipinski definition) is 0. The Bertz CT molecular complexity index is 884. The molecule has 0 amide bonds. The molecule has 0 spiro atoms. The molecule has 0 radical (unpaired) electrons. The summed E-state index contributed by atoms with van der Waals surface area (Å²) in [7, 11) is 0. The summed E-state index contributed by atoms with van der Waals surface area (Å²) in [5.41, 5.74) is 5.14. The third-order valence-corrected chi connectivity index (χ3v) is 3.78. The van der Waals surface area contributed by atoms with Crippen LogP contribution in [0.5, 0.6) is 0 Å². The second-order valence-corrected chi connectivity index (χ2v) is 5.33. The van der Waals surface area contributed by atoms with Crippen molar-refractivity contribution >= 4 is 11.4 Å². The molecule has 0 saturated heterocycles. The van der Waals surface area contributed by atoms with Gasteiger partial charge in [0, 0.05) is 17.3 Å². The molecule has 0 unspecified atom stereocenters. The highest BCUT2D eigenvalue weighted by Gasteiger charge is 2.23. The van der Waals surface area contributed by atoms with E-state index >= 15 is 0 Å². The summed E-state index contributed by atoms with van der Waals surface area (Å²) in [5, 5.41) is 8.62. The Kier molecular flexibility index (Phi) is 3.48. The molecular weight excluding hydrogens is 284 g/mol. The first-order valence-corrected chi connectivity index (χ1v) is 7.52. The molecule has 0 N–H and O–H groups in total. The molecule has 23 heavy (non-hydrogen) atoms. The number of benzene rings is 2. The van der Waals surface area contributed by atoms with Crippen LogP contribution < -0.4 is 0 Å². The Morgan fingerprint density at radius 1 is 0.783 bits per heavy atom. The van der Waals surface area contributed by atoms with E-state index in [2.05, 4.69) is 39.6 Å². The molecule has 0 aliphatic carbocycles. The van der Waals surface area contributed by atoms with Crippen LogP contribution in [0.15, 0.2) is 89.3 Å². The van der Waals surface area contributed by atoms with Gasteiger partial charge < -0.3 is 0 Å². The van der Waals surface area contributed by atoms with Crippen LogP contribution in [0.2, 0.25) is 0 Å². The summed E-state index contributed by atoms with van der Waals surface area (Å²) in [6.07, 6.45) is 1.80. The molecule has 2 aromatic carbocycles. The van der Waals surface area contributed by atoms with Crippen molar-refractivity contribution in [2.75, 3.05) is 6.54 Å². The predicted octanol–water partition coefficient (Wildman–Crippen LogP) is 4.26. The fourth-order valence-corrected chi connectivity index (χ4v) is 2.59. The van der Waals surface area contributed by atoms with E-state index in [4.69, 9.17) is 0 Å². The number of nitrogens with zero attached hydrogens (tertiary/aromatic N) is 4. The van der Waals surface area contributed by atoms with Crippen molar-refractivity contribution in [3.05, 3.63) is 84.6 Å². The minimum absolute atomic E-state index is 0.676. The summed E-state index contributed by atoms with van der Waals surface area (Å²) >= 11 is 0. The van der Waals surface area contributed by atoms with Gasteiger partial charge in [0.15, 0.2) is 12.2 Å². The third-order valence-electron chi connectivity index (χ3n) is 3.78. The first kappa shape index (κ1) is 13.5. The van der Waals surface area contributed by atoms with Crippen molar-refractivity contribution in [1.29, 1.82) is 0 Å². The minimum atomic E-state index is 0.676. The molecule has 1 aliphatic heterocycles. The second-order valence-electron chi connectivity index (χ2n) is 5.33. The first-order valence-electron chi connectivity index (χ1n) is 7.52. The monoisotopic (exact) mass is 299 g/mol. The van der Waals surface area contributed by atoms with Gasteiger partial charge in [0.05, 0.1) is 10.8 Å². The molecule has 0 atom stereocenters. The summed E-state index contributed by atoms with van der Waals surface area (Å²) in [5.74, 6) is 0. The number of pyridine rings is 1. The number of rotatable bonds is 3. The molecule has 3 aromatic rings. The van der Waals surface area contributed by atoms with Crippen molar-refractivity contribution in [3.63, 3.8) is 0 Å². The highest BCUT2D eigenvalue weighted by atomic mass is 15.5. The standard InChI is InChI=1S/C19H15N4/c1-2-7-15(8-3-1)19-14-23(22-21-19)17-10-6-9-16(13-17)18-11-4-5-12-20-18/h1-13H,14H2/q+1. The zero-order valence-corrected chi connectivity index (χ0v) is 12.5. The van der Waals surface area contributed by atoms with Gasteiger partial charge >= 0.3 is 0 Å². The Morgan fingerprint density at radius 3 is 2.43 bits per heavy atom. The summed E-state index contributed by atoms with van der Waals surface area (Å²) in [4.78, 5) is 4.40. The van der Waals surface area contributed by atoms with Gasteiger partial charge in [-0.2, -0.15) is 0 Å².